The predicted molar refractivity (Wildman–Crippen MR) is 97.7 cm³/mol. The normalized spacial score (nSPS) is 10.5. The highest BCUT2D eigenvalue weighted by molar-refractivity contribution is 9.10. The minimum Gasteiger partial charge on any atom is -0.444 e. The molecule has 0 atom stereocenters. The summed E-state index contributed by atoms with van der Waals surface area (Å²) in [4.78, 5) is 17.9. The Morgan fingerprint density at radius 3 is 2.60 bits per heavy atom. The Balaban J connectivity index is 1.61. The van der Waals surface area contributed by atoms with Gasteiger partial charge in [-0.3, -0.25) is 0 Å². The number of hydrogen-bond acceptors (Lipinski definition) is 4. The average Bonchev–Trinajstić information content (AvgIpc) is 3.09. The number of oxazole rings is 1. The van der Waals surface area contributed by atoms with Crippen molar-refractivity contribution < 1.29 is 13.9 Å². The van der Waals surface area contributed by atoms with Crippen molar-refractivity contribution in [2.75, 3.05) is 7.05 Å². The number of amides is 1. The van der Waals surface area contributed by atoms with Crippen LogP contribution in [-0.4, -0.2) is 23.0 Å². The van der Waals surface area contributed by atoms with Crippen molar-refractivity contribution in [2.24, 2.45) is 0 Å². The highest BCUT2D eigenvalue weighted by Gasteiger charge is 2.15. The van der Waals surface area contributed by atoms with Crippen LogP contribution in [0.3, 0.4) is 0 Å². The Labute approximate surface area is 154 Å². The van der Waals surface area contributed by atoms with Gasteiger partial charge in [0.05, 0.1) is 0 Å². The Hall–Kier alpha value is -2.60. The first-order valence-corrected chi connectivity index (χ1v) is 8.53. The van der Waals surface area contributed by atoms with Gasteiger partial charge < -0.3 is 14.1 Å². The molecule has 0 unspecified atom stereocenters. The maximum Gasteiger partial charge on any atom is 0.410 e. The van der Waals surface area contributed by atoms with E-state index < -0.39 is 6.09 Å². The van der Waals surface area contributed by atoms with Gasteiger partial charge in [-0.25, -0.2) is 9.78 Å². The topological polar surface area (TPSA) is 55.6 Å². The standard InChI is InChI=1S/C19H17BrN2O3/c1-22(11-14-5-3-2-4-6-14)19(23)24-12-17-18(21-13-25-17)15-7-9-16(20)10-8-15/h2-10,13H,11-12H2,1H3. The fourth-order valence-corrected chi connectivity index (χ4v) is 2.64. The fourth-order valence-electron chi connectivity index (χ4n) is 2.38. The summed E-state index contributed by atoms with van der Waals surface area (Å²) in [5.41, 5.74) is 2.61. The summed E-state index contributed by atoms with van der Waals surface area (Å²) in [6.07, 6.45) is 0.941. The second-order valence-electron chi connectivity index (χ2n) is 5.53. The maximum atomic E-state index is 12.2. The van der Waals surface area contributed by atoms with Gasteiger partial charge in [-0.05, 0) is 17.7 Å². The molecular formula is C19H17BrN2O3. The minimum absolute atomic E-state index is 0.0311. The number of carbonyl (C=O) groups is 1. The molecule has 2 aromatic carbocycles. The predicted octanol–water partition coefficient (Wildman–Crippen LogP) is 4.87. The molecule has 0 saturated heterocycles. The average molecular weight is 401 g/mol. The van der Waals surface area contributed by atoms with Gasteiger partial charge in [0, 0.05) is 23.6 Å². The zero-order chi connectivity index (χ0) is 17.6. The summed E-state index contributed by atoms with van der Waals surface area (Å²) in [5, 5.41) is 0. The van der Waals surface area contributed by atoms with Crippen LogP contribution in [-0.2, 0) is 17.9 Å². The van der Waals surface area contributed by atoms with Gasteiger partial charge in [0.25, 0.3) is 0 Å². The molecule has 0 radical (unpaired) electrons. The van der Waals surface area contributed by atoms with Gasteiger partial charge in [0.1, 0.15) is 5.69 Å². The van der Waals surface area contributed by atoms with Crippen LogP contribution in [0.5, 0.6) is 0 Å². The molecule has 0 aliphatic carbocycles. The number of ether oxygens (including phenoxy) is 1. The number of nitrogens with zero attached hydrogens (tertiary/aromatic N) is 2. The van der Waals surface area contributed by atoms with Crippen LogP contribution in [0.15, 0.2) is 69.9 Å². The van der Waals surface area contributed by atoms with Gasteiger partial charge in [-0.15, -0.1) is 0 Å². The summed E-state index contributed by atoms with van der Waals surface area (Å²) in [6.45, 7) is 0.513. The molecule has 0 fully saturated rings. The molecule has 5 nitrogen and oxygen atoms in total. The molecule has 128 valence electrons. The van der Waals surface area contributed by atoms with Crippen molar-refractivity contribution >= 4 is 22.0 Å². The molecule has 3 rings (SSSR count). The van der Waals surface area contributed by atoms with Crippen LogP contribution in [0.4, 0.5) is 4.79 Å². The van der Waals surface area contributed by atoms with E-state index in [0.717, 1.165) is 15.6 Å². The molecule has 3 aromatic rings. The summed E-state index contributed by atoms with van der Waals surface area (Å²) in [6, 6.07) is 17.4. The highest BCUT2D eigenvalue weighted by Crippen LogP contribution is 2.24. The summed E-state index contributed by atoms with van der Waals surface area (Å²) < 4.78 is 11.7. The van der Waals surface area contributed by atoms with Crippen molar-refractivity contribution in [1.82, 2.24) is 9.88 Å². The lowest BCUT2D eigenvalue weighted by atomic mass is 10.1. The van der Waals surface area contributed by atoms with Crippen LogP contribution < -0.4 is 0 Å². The number of halogens is 1. The first-order chi connectivity index (χ1) is 12.1. The first-order valence-electron chi connectivity index (χ1n) is 7.73. The summed E-state index contributed by atoms with van der Waals surface area (Å²) >= 11 is 3.40. The van der Waals surface area contributed by atoms with Crippen LogP contribution in [0.2, 0.25) is 0 Å². The Morgan fingerprint density at radius 1 is 1.16 bits per heavy atom. The van der Waals surface area contributed by atoms with Crippen molar-refractivity contribution in [1.29, 1.82) is 0 Å². The van der Waals surface area contributed by atoms with E-state index in [1.165, 1.54) is 11.3 Å². The first kappa shape index (κ1) is 17.2. The van der Waals surface area contributed by atoms with Crippen molar-refractivity contribution in [3.63, 3.8) is 0 Å². The monoisotopic (exact) mass is 400 g/mol. The highest BCUT2D eigenvalue weighted by atomic mass is 79.9. The largest absolute Gasteiger partial charge is 0.444 e. The van der Waals surface area contributed by atoms with E-state index in [2.05, 4.69) is 20.9 Å². The zero-order valence-electron chi connectivity index (χ0n) is 13.7. The molecule has 6 heteroatoms. The Kier molecular flexibility index (Phi) is 5.50. The SMILES string of the molecule is CN(Cc1ccccc1)C(=O)OCc1ocnc1-c1ccc(Br)cc1. The van der Waals surface area contributed by atoms with E-state index in [9.17, 15) is 4.79 Å². The van der Waals surface area contributed by atoms with Crippen LogP contribution in [0.1, 0.15) is 11.3 Å². The fraction of sp³-hybridized carbons (Fsp3) is 0.158. The van der Waals surface area contributed by atoms with E-state index in [1.807, 2.05) is 54.6 Å². The second kappa shape index (κ2) is 7.98. The molecule has 25 heavy (non-hydrogen) atoms. The Bertz CT molecular complexity index is 831. The van der Waals surface area contributed by atoms with Crippen LogP contribution >= 0.6 is 15.9 Å². The van der Waals surface area contributed by atoms with E-state index >= 15 is 0 Å². The van der Waals surface area contributed by atoms with Crippen LogP contribution in [0.25, 0.3) is 11.3 Å². The van der Waals surface area contributed by atoms with Gasteiger partial charge in [-0.2, -0.15) is 0 Å². The smallest absolute Gasteiger partial charge is 0.410 e. The van der Waals surface area contributed by atoms with Crippen molar-refractivity contribution in [3.05, 3.63) is 76.8 Å². The molecular weight excluding hydrogens is 384 g/mol. The number of hydrogen-bond donors (Lipinski definition) is 0. The number of rotatable bonds is 5. The number of aromatic nitrogens is 1. The van der Waals surface area contributed by atoms with Crippen LogP contribution in [0, 0.1) is 0 Å². The minimum atomic E-state index is -0.415. The van der Waals surface area contributed by atoms with Crippen molar-refractivity contribution in [3.8, 4) is 11.3 Å². The molecule has 0 spiro atoms. The van der Waals surface area contributed by atoms with Gasteiger partial charge >= 0.3 is 6.09 Å². The summed E-state index contributed by atoms with van der Waals surface area (Å²) in [5.74, 6) is 0.517. The van der Waals surface area contributed by atoms with E-state index in [-0.39, 0.29) is 6.61 Å². The quantitative estimate of drug-likeness (QED) is 0.612. The molecule has 1 aromatic heterocycles. The third-order valence-electron chi connectivity index (χ3n) is 3.66. The Morgan fingerprint density at radius 2 is 1.88 bits per heavy atom. The zero-order valence-corrected chi connectivity index (χ0v) is 15.3. The second-order valence-corrected chi connectivity index (χ2v) is 6.44. The third kappa shape index (κ3) is 4.48. The summed E-state index contributed by atoms with van der Waals surface area (Å²) in [7, 11) is 1.70. The lowest BCUT2D eigenvalue weighted by Gasteiger charge is -2.16. The van der Waals surface area contributed by atoms with E-state index in [1.54, 1.807) is 7.05 Å². The number of carbonyl (C=O) groups excluding carboxylic acids is 1. The molecule has 0 bridgehead atoms. The maximum absolute atomic E-state index is 12.2. The van der Waals surface area contributed by atoms with Gasteiger partial charge in [0.2, 0.25) is 0 Å². The molecule has 1 heterocycles. The lowest BCUT2D eigenvalue weighted by Crippen LogP contribution is -2.26. The molecule has 0 aliphatic heterocycles. The molecule has 0 N–H and O–H groups in total. The lowest BCUT2D eigenvalue weighted by molar-refractivity contribution is 0.0962. The van der Waals surface area contributed by atoms with Crippen molar-refractivity contribution in [2.45, 2.75) is 13.2 Å². The van der Waals surface area contributed by atoms with Gasteiger partial charge in [-0.1, -0.05) is 58.4 Å². The molecule has 0 aliphatic rings. The van der Waals surface area contributed by atoms with E-state index in [0.29, 0.717) is 18.0 Å². The van der Waals surface area contributed by atoms with Gasteiger partial charge in [0.15, 0.2) is 18.8 Å². The third-order valence-corrected chi connectivity index (χ3v) is 4.19. The van der Waals surface area contributed by atoms with E-state index in [4.69, 9.17) is 9.15 Å². The molecule has 0 saturated carbocycles. The molecule has 1 amide bonds. The number of benzene rings is 2.